The molecule has 242 valence electrons. The van der Waals surface area contributed by atoms with E-state index in [1.54, 1.807) is 6.08 Å². The van der Waals surface area contributed by atoms with Crippen LogP contribution in [0.25, 0.3) is 0 Å². The van der Waals surface area contributed by atoms with Gasteiger partial charge in [-0.3, -0.25) is 4.79 Å². The standard InChI is InChI=1S/C36H69NO4/c1-3-5-7-9-11-13-14-15-16-17-18-19-20-21-22-24-26-28-30-35(40)34(32-38)37-36(41)31-33(39)29-27-25-23-12-10-8-6-4-2/h10,12,28,30,33-35,38-40H,3-9,11,13-27,29,31-32H2,1-2H3,(H,37,41)/b12-10-,30-28+. The lowest BCUT2D eigenvalue weighted by Crippen LogP contribution is -2.45. The lowest BCUT2D eigenvalue weighted by atomic mass is 10.0. The zero-order valence-electron chi connectivity index (χ0n) is 27.2. The number of hydrogen-bond acceptors (Lipinski definition) is 4. The Morgan fingerprint density at radius 1 is 0.610 bits per heavy atom. The van der Waals surface area contributed by atoms with E-state index in [0.717, 1.165) is 38.5 Å². The maximum absolute atomic E-state index is 12.3. The zero-order valence-corrected chi connectivity index (χ0v) is 27.2. The van der Waals surface area contributed by atoms with Gasteiger partial charge in [0.05, 0.1) is 31.3 Å². The third-order valence-electron chi connectivity index (χ3n) is 7.98. The monoisotopic (exact) mass is 580 g/mol. The summed E-state index contributed by atoms with van der Waals surface area (Å²) < 4.78 is 0. The number of unbranched alkanes of at least 4 members (excludes halogenated alkanes) is 20. The molecule has 41 heavy (non-hydrogen) atoms. The number of carbonyl (C=O) groups excluding carboxylic acids is 1. The van der Waals surface area contributed by atoms with Crippen molar-refractivity contribution in [3.05, 3.63) is 24.3 Å². The summed E-state index contributed by atoms with van der Waals surface area (Å²) in [5, 5.41) is 32.9. The molecular formula is C36H69NO4. The van der Waals surface area contributed by atoms with Gasteiger partial charge in [0.2, 0.25) is 5.91 Å². The van der Waals surface area contributed by atoms with Crippen LogP contribution in [0.4, 0.5) is 0 Å². The molecule has 0 aliphatic rings. The van der Waals surface area contributed by atoms with Crippen molar-refractivity contribution in [3.63, 3.8) is 0 Å². The van der Waals surface area contributed by atoms with Crippen LogP contribution in [0.5, 0.6) is 0 Å². The first kappa shape index (κ1) is 39.8. The Labute approximate surface area is 254 Å². The minimum atomic E-state index is -0.929. The van der Waals surface area contributed by atoms with Crippen molar-refractivity contribution in [2.45, 2.75) is 193 Å². The predicted molar refractivity (Wildman–Crippen MR) is 176 cm³/mol. The van der Waals surface area contributed by atoms with Gasteiger partial charge in [0.1, 0.15) is 0 Å². The first-order chi connectivity index (χ1) is 20.0. The molecule has 1 amide bonds. The molecule has 0 aliphatic heterocycles. The molecule has 3 unspecified atom stereocenters. The van der Waals surface area contributed by atoms with Gasteiger partial charge in [-0.25, -0.2) is 0 Å². The third kappa shape index (κ3) is 28.7. The summed E-state index contributed by atoms with van der Waals surface area (Å²) in [6.45, 7) is 4.13. The van der Waals surface area contributed by atoms with Crippen LogP contribution in [-0.2, 0) is 4.79 Å². The molecule has 5 nitrogen and oxygen atoms in total. The summed E-state index contributed by atoms with van der Waals surface area (Å²) in [4.78, 5) is 12.3. The van der Waals surface area contributed by atoms with Crippen molar-refractivity contribution in [1.82, 2.24) is 5.32 Å². The van der Waals surface area contributed by atoms with Gasteiger partial charge in [-0.1, -0.05) is 154 Å². The lowest BCUT2D eigenvalue weighted by Gasteiger charge is -2.21. The first-order valence-corrected chi connectivity index (χ1v) is 17.6. The van der Waals surface area contributed by atoms with E-state index in [1.165, 1.54) is 109 Å². The van der Waals surface area contributed by atoms with Gasteiger partial charge in [-0.2, -0.15) is 0 Å². The molecule has 0 saturated heterocycles. The number of carbonyl (C=O) groups is 1. The van der Waals surface area contributed by atoms with Gasteiger partial charge in [0.15, 0.2) is 0 Å². The van der Waals surface area contributed by atoms with Crippen LogP contribution >= 0.6 is 0 Å². The number of rotatable bonds is 31. The van der Waals surface area contributed by atoms with E-state index < -0.39 is 18.2 Å². The highest BCUT2D eigenvalue weighted by atomic mass is 16.3. The summed E-state index contributed by atoms with van der Waals surface area (Å²) in [7, 11) is 0. The number of amides is 1. The normalized spacial score (nSPS) is 14.2. The molecule has 0 spiro atoms. The molecule has 4 N–H and O–H groups in total. The van der Waals surface area contributed by atoms with Crippen molar-refractivity contribution in [2.75, 3.05) is 6.61 Å². The highest BCUT2D eigenvalue weighted by molar-refractivity contribution is 5.76. The van der Waals surface area contributed by atoms with Crippen LogP contribution in [0.15, 0.2) is 24.3 Å². The predicted octanol–water partition coefficient (Wildman–Crippen LogP) is 9.09. The highest BCUT2D eigenvalue weighted by Gasteiger charge is 2.20. The van der Waals surface area contributed by atoms with Crippen molar-refractivity contribution >= 4 is 5.91 Å². The van der Waals surface area contributed by atoms with Crippen molar-refractivity contribution in [2.24, 2.45) is 0 Å². The highest BCUT2D eigenvalue weighted by Crippen LogP contribution is 2.14. The Bertz CT molecular complexity index is 606. The first-order valence-electron chi connectivity index (χ1n) is 17.6. The zero-order chi connectivity index (χ0) is 30.2. The van der Waals surface area contributed by atoms with Crippen LogP contribution in [0, 0.1) is 0 Å². The maximum Gasteiger partial charge on any atom is 0.222 e. The molecule has 3 atom stereocenters. The van der Waals surface area contributed by atoms with Crippen LogP contribution in [0.3, 0.4) is 0 Å². The Balaban J connectivity index is 3.72. The van der Waals surface area contributed by atoms with Crippen LogP contribution in [0.1, 0.15) is 174 Å². The number of aliphatic hydroxyl groups excluding tert-OH is 3. The van der Waals surface area contributed by atoms with Gasteiger partial charge in [0.25, 0.3) is 0 Å². The van der Waals surface area contributed by atoms with E-state index in [4.69, 9.17) is 0 Å². The van der Waals surface area contributed by atoms with Crippen LogP contribution in [-0.4, -0.2) is 46.1 Å². The second kappa shape index (κ2) is 31.8. The van der Waals surface area contributed by atoms with Crippen molar-refractivity contribution in [1.29, 1.82) is 0 Å². The van der Waals surface area contributed by atoms with Crippen molar-refractivity contribution in [3.8, 4) is 0 Å². The Morgan fingerprint density at radius 2 is 1.05 bits per heavy atom. The largest absolute Gasteiger partial charge is 0.394 e. The fraction of sp³-hybridized carbons (Fsp3) is 0.861. The second-order valence-corrected chi connectivity index (χ2v) is 12.1. The molecule has 0 rings (SSSR count). The minimum Gasteiger partial charge on any atom is -0.394 e. The Kier molecular flexibility index (Phi) is 30.9. The number of hydrogen-bond donors (Lipinski definition) is 4. The molecule has 0 bridgehead atoms. The van der Waals surface area contributed by atoms with E-state index in [0.29, 0.717) is 6.42 Å². The van der Waals surface area contributed by atoms with Crippen LogP contribution in [0.2, 0.25) is 0 Å². The SMILES string of the molecule is CCCC/C=C\CCCCC(O)CC(=O)NC(CO)C(O)/C=C/CCCCCCCCCCCCCCCCCC. The smallest absolute Gasteiger partial charge is 0.222 e. The Morgan fingerprint density at radius 3 is 1.56 bits per heavy atom. The number of nitrogens with one attached hydrogen (secondary N) is 1. The topological polar surface area (TPSA) is 89.8 Å². The molecule has 0 heterocycles. The summed E-state index contributed by atoms with van der Waals surface area (Å²) in [6.07, 6.45) is 36.0. The molecular weight excluding hydrogens is 510 g/mol. The van der Waals surface area contributed by atoms with E-state index in [-0.39, 0.29) is 18.9 Å². The van der Waals surface area contributed by atoms with Gasteiger partial charge >= 0.3 is 0 Å². The second-order valence-electron chi connectivity index (χ2n) is 12.1. The lowest BCUT2D eigenvalue weighted by molar-refractivity contribution is -0.124. The molecule has 0 aromatic carbocycles. The molecule has 0 aromatic heterocycles. The third-order valence-corrected chi connectivity index (χ3v) is 7.98. The fourth-order valence-electron chi connectivity index (χ4n) is 5.20. The molecule has 0 saturated carbocycles. The van der Waals surface area contributed by atoms with Gasteiger partial charge < -0.3 is 20.6 Å². The molecule has 5 heteroatoms. The van der Waals surface area contributed by atoms with E-state index in [9.17, 15) is 20.1 Å². The number of aliphatic hydroxyl groups is 3. The molecule has 0 radical (unpaired) electrons. The van der Waals surface area contributed by atoms with Crippen molar-refractivity contribution < 1.29 is 20.1 Å². The molecule has 0 aromatic rings. The van der Waals surface area contributed by atoms with E-state index >= 15 is 0 Å². The summed E-state index contributed by atoms with van der Waals surface area (Å²) in [5.41, 5.74) is 0. The maximum atomic E-state index is 12.3. The summed E-state index contributed by atoms with van der Waals surface area (Å²) >= 11 is 0. The van der Waals surface area contributed by atoms with Gasteiger partial charge in [-0.05, 0) is 38.5 Å². The number of allylic oxidation sites excluding steroid dienone is 3. The van der Waals surface area contributed by atoms with Gasteiger partial charge in [-0.15, -0.1) is 0 Å². The quantitative estimate of drug-likeness (QED) is 0.0487. The minimum absolute atomic E-state index is 0.00152. The molecule has 0 aliphatic carbocycles. The van der Waals surface area contributed by atoms with Gasteiger partial charge in [0, 0.05) is 0 Å². The summed E-state index contributed by atoms with van der Waals surface area (Å²) in [6, 6.07) is -0.745. The van der Waals surface area contributed by atoms with E-state index in [2.05, 4.69) is 31.3 Å². The average Bonchev–Trinajstić information content (AvgIpc) is 2.96. The van der Waals surface area contributed by atoms with E-state index in [1.807, 2.05) is 6.08 Å². The van der Waals surface area contributed by atoms with Crippen LogP contribution < -0.4 is 5.32 Å². The summed E-state index contributed by atoms with van der Waals surface area (Å²) in [5.74, 6) is -0.332. The molecule has 0 fully saturated rings. The fourth-order valence-corrected chi connectivity index (χ4v) is 5.20. The average molecular weight is 580 g/mol. The Hall–Kier alpha value is -1.17.